The molecule has 0 aliphatic carbocycles. The van der Waals surface area contributed by atoms with Crippen LogP contribution in [0.25, 0.3) is 10.9 Å². The van der Waals surface area contributed by atoms with Crippen molar-refractivity contribution in [3.05, 3.63) is 30.0 Å². The van der Waals surface area contributed by atoms with Crippen molar-refractivity contribution in [1.29, 1.82) is 0 Å². The van der Waals surface area contributed by atoms with Gasteiger partial charge in [0.25, 0.3) is 0 Å². The van der Waals surface area contributed by atoms with Crippen LogP contribution >= 0.6 is 0 Å². The molecule has 2 heterocycles. The van der Waals surface area contributed by atoms with E-state index in [0.29, 0.717) is 0 Å². The van der Waals surface area contributed by atoms with Crippen molar-refractivity contribution in [1.82, 2.24) is 9.47 Å². The van der Waals surface area contributed by atoms with Crippen molar-refractivity contribution >= 4 is 21.7 Å². The highest BCUT2D eigenvalue weighted by Crippen LogP contribution is 2.31. The summed E-state index contributed by atoms with van der Waals surface area (Å²) in [7, 11) is 3.45. The van der Waals surface area contributed by atoms with Gasteiger partial charge in [-0.05, 0) is 58.1 Å². The molecular weight excluding hydrogens is 268 g/mol. The molecule has 0 saturated carbocycles. The molecular formula is C16H22N2OS. The van der Waals surface area contributed by atoms with Gasteiger partial charge in [-0.1, -0.05) is 0 Å². The first-order valence-electron chi connectivity index (χ1n) is 7.07. The van der Waals surface area contributed by atoms with E-state index in [1.54, 1.807) is 0 Å². The number of benzene rings is 1. The van der Waals surface area contributed by atoms with Gasteiger partial charge in [-0.3, -0.25) is 4.21 Å². The highest BCUT2D eigenvalue weighted by atomic mass is 32.2. The summed E-state index contributed by atoms with van der Waals surface area (Å²) in [5.74, 6) is 0.781. The molecule has 0 radical (unpaired) electrons. The molecule has 0 fully saturated rings. The zero-order chi connectivity index (χ0) is 14.5. The van der Waals surface area contributed by atoms with Crippen LogP contribution in [0.4, 0.5) is 0 Å². The fourth-order valence-corrected chi connectivity index (χ4v) is 4.10. The second-order valence-electron chi connectivity index (χ2n) is 6.43. The molecule has 3 rings (SSSR count). The molecule has 0 amide bonds. The molecule has 1 aliphatic heterocycles. The fourth-order valence-electron chi connectivity index (χ4n) is 2.79. The van der Waals surface area contributed by atoms with Crippen molar-refractivity contribution < 1.29 is 4.21 Å². The van der Waals surface area contributed by atoms with Crippen LogP contribution in [0.3, 0.4) is 0 Å². The summed E-state index contributed by atoms with van der Waals surface area (Å²) in [6.45, 7) is 5.45. The fraction of sp³-hybridized carbons (Fsp3) is 0.500. The Balaban J connectivity index is 2.06. The van der Waals surface area contributed by atoms with Crippen LogP contribution in [0, 0.1) is 0 Å². The van der Waals surface area contributed by atoms with E-state index < -0.39 is 10.8 Å². The molecule has 1 atom stereocenters. The maximum absolute atomic E-state index is 11.9. The van der Waals surface area contributed by atoms with Gasteiger partial charge in [0.15, 0.2) is 0 Å². The third kappa shape index (κ3) is 2.11. The first-order chi connectivity index (χ1) is 9.40. The predicted octanol–water partition coefficient (Wildman–Crippen LogP) is 2.65. The summed E-state index contributed by atoms with van der Waals surface area (Å²) in [6, 6.07) is 6.37. The van der Waals surface area contributed by atoms with Crippen molar-refractivity contribution in [2.45, 2.75) is 37.2 Å². The molecule has 1 unspecified atom stereocenters. The number of likely N-dealkylation sites (N-methyl/N-ethyl adjacent to an activating group) is 1. The summed E-state index contributed by atoms with van der Waals surface area (Å²) in [4.78, 5) is 3.29. The van der Waals surface area contributed by atoms with Crippen molar-refractivity contribution in [2.24, 2.45) is 0 Å². The SMILES string of the molecule is CN(C)C(C)(C)Cn1ccc2c3c(ccc21)S(=O)CC3. The minimum atomic E-state index is -0.788. The average Bonchev–Trinajstić information content (AvgIpc) is 2.94. The van der Waals surface area contributed by atoms with Gasteiger partial charge in [-0.15, -0.1) is 0 Å². The predicted molar refractivity (Wildman–Crippen MR) is 84.7 cm³/mol. The number of hydrogen-bond donors (Lipinski definition) is 0. The molecule has 108 valence electrons. The number of rotatable bonds is 3. The van der Waals surface area contributed by atoms with Gasteiger partial charge in [0.1, 0.15) is 0 Å². The van der Waals surface area contributed by atoms with E-state index >= 15 is 0 Å². The lowest BCUT2D eigenvalue weighted by molar-refractivity contribution is 0.171. The molecule has 0 bridgehead atoms. The van der Waals surface area contributed by atoms with E-state index in [0.717, 1.165) is 23.6 Å². The van der Waals surface area contributed by atoms with E-state index in [1.165, 1.54) is 16.5 Å². The van der Waals surface area contributed by atoms with Crippen LogP contribution < -0.4 is 0 Å². The second-order valence-corrected chi connectivity index (χ2v) is 7.96. The molecule has 1 aromatic carbocycles. The van der Waals surface area contributed by atoms with E-state index in [1.807, 2.05) is 0 Å². The Bertz CT molecular complexity index is 685. The number of nitrogens with zero attached hydrogens (tertiary/aromatic N) is 2. The molecule has 0 saturated heterocycles. The van der Waals surface area contributed by atoms with E-state index in [4.69, 9.17) is 0 Å². The first-order valence-corrected chi connectivity index (χ1v) is 8.38. The monoisotopic (exact) mass is 290 g/mol. The number of fused-ring (bicyclic) bond motifs is 3. The number of hydrogen-bond acceptors (Lipinski definition) is 2. The average molecular weight is 290 g/mol. The van der Waals surface area contributed by atoms with Crippen LogP contribution in [-0.2, 0) is 23.8 Å². The number of aromatic nitrogens is 1. The molecule has 0 N–H and O–H groups in total. The Morgan fingerprint density at radius 3 is 2.75 bits per heavy atom. The maximum Gasteiger partial charge on any atom is 0.0535 e. The Hall–Kier alpha value is -1.13. The minimum absolute atomic E-state index is 0.105. The van der Waals surface area contributed by atoms with Crippen molar-refractivity contribution in [2.75, 3.05) is 19.8 Å². The summed E-state index contributed by atoms with van der Waals surface area (Å²) < 4.78 is 14.2. The quantitative estimate of drug-likeness (QED) is 0.868. The van der Waals surface area contributed by atoms with Gasteiger partial charge in [0.05, 0.1) is 10.8 Å². The topological polar surface area (TPSA) is 25.2 Å². The van der Waals surface area contributed by atoms with Gasteiger partial charge in [-0.2, -0.15) is 0 Å². The standard InChI is InChI=1S/C16H22N2OS/c1-16(2,17(3)4)11-18-9-7-12-13-8-10-20(19)15(13)6-5-14(12)18/h5-7,9H,8,10-11H2,1-4H3. The third-order valence-corrected chi connectivity index (χ3v) is 6.02. The Labute approximate surface area is 123 Å². The summed E-state index contributed by atoms with van der Waals surface area (Å²) in [5.41, 5.74) is 2.66. The van der Waals surface area contributed by atoms with Crippen molar-refractivity contribution in [3.63, 3.8) is 0 Å². The molecule has 0 spiro atoms. The van der Waals surface area contributed by atoms with Gasteiger partial charge in [0, 0.05) is 39.8 Å². The summed E-state index contributed by atoms with van der Waals surface area (Å²) in [6.07, 6.45) is 3.11. The van der Waals surface area contributed by atoms with Crippen LogP contribution in [0.1, 0.15) is 19.4 Å². The van der Waals surface area contributed by atoms with Gasteiger partial charge >= 0.3 is 0 Å². The largest absolute Gasteiger partial charge is 0.346 e. The molecule has 1 aliphatic rings. The molecule has 3 nitrogen and oxygen atoms in total. The molecule has 1 aromatic heterocycles. The van der Waals surface area contributed by atoms with E-state index in [9.17, 15) is 4.21 Å². The highest BCUT2D eigenvalue weighted by molar-refractivity contribution is 7.85. The van der Waals surface area contributed by atoms with Crippen LogP contribution in [-0.4, -0.2) is 39.1 Å². The highest BCUT2D eigenvalue weighted by Gasteiger charge is 2.24. The zero-order valence-electron chi connectivity index (χ0n) is 12.6. The minimum Gasteiger partial charge on any atom is -0.346 e. The normalized spacial score (nSPS) is 18.9. The second kappa shape index (κ2) is 4.71. The zero-order valence-corrected chi connectivity index (χ0v) is 13.5. The van der Waals surface area contributed by atoms with Crippen LogP contribution in [0.15, 0.2) is 29.3 Å². The van der Waals surface area contributed by atoms with E-state index in [2.05, 4.69) is 61.8 Å². The van der Waals surface area contributed by atoms with Gasteiger partial charge in [0.2, 0.25) is 0 Å². The molecule has 4 heteroatoms. The number of aryl methyl sites for hydroxylation is 1. The smallest absolute Gasteiger partial charge is 0.0535 e. The summed E-state index contributed by atoms with van der Waals surface area (Å²) in [5, 5.41) is 1.28. The van der Waals surface area contributed by atoms with Crippen LogP contribution in [0.5, 0.6) is 0 Å². The third-order valence-electron chi connectivity index (χ3n) is 4.57. The first kappa shape index (κ1) is 13.8. The van der Waals surface area contributed by atoms with Crippen LogP contribution in [0.2, 0.25) is 0 Å². The Morgan fingerprint density at radius 1 is 1.30 bits per heavy atom. The molecule has 20 heavy (non-hydrogen) atoms. The van der Waals surface area contributed by atoms with Gasteiger partial charge < -0.3 is 9.47 Å². The lowest BCUT2D eigenvalue weighted by Gasteiger charge is -2.33. The lowest BCUT2D eigenvalue weighted by atomic mass is 10.0. The summed E-state index contributed by atoms with van der Waals surface area (Å²) >= 11 is 0. The molecule has 2 aromatic rings. The van der Waals surface area contributed by atoms with E-state index in [-0.39, 0.29) is 5.54 Å². The lowest BCUT2D eigenvalue weighted by Crippen LogP contribution is -2.41. The Morgan fingerprint density at radius 2 is 2.05 bits per heavy atom. The van der Waals surface area contributed by atoms with Gasteiger partial charge in [-0.25, -0.2) is 0 Å². The Kier molecular flexibility index (Phi) is 3.26. The van der Waals surface area contributed by atoms with Crippen molar-refractivity contribution in [3.8, 4) is 0 Å². The maximum atomic E-state index is 11.9.